The Morgan fingerprint density at radius 2 is 2.67 bits per heavy atom. The number of hydrogen-bond donors (Lipinski definition) is 2. The molecular formula is C9H14N4O2. The van der Waals surface area contributed by atoms with Crippen LogP contribution in [0.2, 0.25) is 0 Å². The van der Waals surface area contributed by atoms with E-state index in [0.29, 0.717) is 25.4 Å². The fraction of sp³-hybridized carbons (Fsp3) is 0.556. The molecule has 0 bridgehead atoms. The summed E-state index contributed by atoms with van der Waals surface area (Å²) in [5.41, 5.74) is 6.29. The smallest absolute Gasteiger partial charge is 0.312 e. The van der Waals surface area contributed by atoms with Gasteiger partial charge in [-0.05, 0) is 6.92 Å². The van der Waals surface area contributed by atoms with E-state index in [2.05, 4.69) is 10.4 Å². The van der Waals surface area contributed by atoms with Gasteiger partial charge in [0.15, 0.2) is 0 Å². The van der Waals surface area contributed by atoms with Gasteiger partial charge in [0.1, 0.15) is 5.82 Å². The fourth-order valence-electron chi connectivity index (χ4n) is 1.64. The molecule has 0 radical (unpaired) electrons. The second-order valence-corrected chi connectivity index (χ2v) is 3.46. The quantitative estimate of drug-likeness (QED) is 0.675. The largest absolute Gasteiger partial charge is 0.466 e. The molecule has 1 atom stereocenters. The maximum atomic E-state index is 11.5. The van der Waals surface area contributed by atoms with Crippen molar-refractivity contribution in [2.75, 3.05) is 24.2 Å². The monoisotopic (exact) mass is 210 g/mol. The second-order valence-electron chi connectivity index (χ2n) is 3.46. The number of rotatable bonds is 2. The summed E-state index contributed by atoms with van der Waals surface area (Å²) in [5, 5.41) is 7.15. The van der Waals surface area contributed by atoms with E-state index in [9.17, 15) is 4.79 Å². The molecule has 2 rings (SSSR count). The number of carbonyl (C=O) groups excluding carboxylic acids is 1. The first-order chi connectivity index (χ1) is 7.22. The highest BCUT2D eigenvalue weighted by molar-refractivity contribution is 5.74. The Kier molecular flexibility index (Phi) is 2.49. The molecule has 1 aliphatic heterocycles. The molecule has 1 unspecified atom stereocenters. The predicted octanol–water partition coefficient (Wildman–Crippen LogP) is 0.0701. The van der Waals surface area contributed by atoms with Crippen LogP contribution in [0.25, 0.3) is 0 Å². The Hall–Kier alpha value is -1.72. The van der Waals surface area contributed by atoms with Gasteiger partial charge < -0.3 is 15.8 Å². The first-order valence-corrected chi connectivity index (χ1v) is 4.94. The summed E-state index contributed by atoms with van der Waals surface area (Å²) >= 11 is 0. The Bertz CT molecular complexity index is 374. The standard InChI is InChI=1S/C9H14N4O2/c1-2-15-9(14)6-3-11-8-7(10)4-12-13(8)5-6/h4,6,11H,2-3,5,10H2,1H3. The lowest BCUT2D eigenvalue weighted by Crippen LogP contribution is -2.34. The average molecular weight is 210 g/mol. The number of esters is 1. The molecular weight excluding hydrogens is 196 g/mol. The van der Waals surface area contributed by atoms with Crippen molar-refractivity contribution in [3.8, 4) is 0 Å². The van der Waals surface area contributed by atoms with Crippen molar-refractivity contribution in [1.82, 2.24) is 9.78 Å². The molecule has 82 valence electrons. The molecule has 0 amide bonds. The fourth-order valence-corrected chi connectivity index (χ4v) is 1.64. The summed E-state index contributed by atoms with van der Waals surface area (Å²) in [6.45, 7) is 3.28. The number of anilines is 2. The summed E-state index contributed by atoms with van der Waals surface area (Å²) in [4.78, 5) is 11.5. The first kappa shape index (κ1) is 9.82. The van der Waals surface area contributed by atoms with Crippen LogP contribution in [0.4, 0.5) is 11.5 Å². The number of carbonyl (C=O) groups is 1. The maximum absolute atomic E-state index is 11.5. The van der Waals surface area contributed by atoms with E-state index >= 15 is 0 Å². The SMILES string of the molecule is CCOC(=O)C1CNc2c(N)cnn2C1. The Labute approximate surface area is 87.4 Å². The molecule has 0 aliphatic carbocycles. The van der Waals surface area contributed by atoms with Gasteiger partial charge in [0.25, 0.3) is 0 Å². The molecule has 0 saturated carbocycles. The zero-order chi connectivity index (χ0) is 10.8. The van der Waals surface area contributed by atoms with Crippen LogP contribution in [-0.2, 0) is 16.1 Å². The highest BCUT2D eigenvalue weighted by Gasteiger charge is 2.26. The van der Waals surface area contributed by atoms with Crippen LogP contribution in [0.15, 0.2) is 6.20 Å². The van der Waals surface area contributed by atoms with Crippen molar-refractivity contribution >= 4 is 17.5 Å². The molecule has 6 nitrogen and oxygen atoms in total. The summed E-state index contributed by atoms with van der Waals surface area (Å²) in [6.07, 6.45) is 1.58. The lowest BCUT2D eigenvalue weighted by Gasteiger charge is -2.23. The minimum Gasteiger partial charge on any atom is -0.466 e. The average Bonchev–Trinajstić information content (AvgIpc) is 2.60. The Morgan fingerprint density at radius 3 is 3.40 bits per heavy atom. The zero-order valence-electron chi connectivity index (χ0n) is 8.56. The Balaban J connectivity index is 2.09. The number of nitrogens with zero attached hydrogens (tertiary/aromatic N) is 2. The van der Waals surface area contributed by atoms with Crippen molar-refractivity contribution in [2.45, 2.75) is 13.5 Å². The third-order valence-electron chi connectivity index (χ3n) is 2.40. The lowest BCUT2D eigenvalue weighted by atomic mass is 10.1. The maximum Gasteiger partial charge on any atom is 0.312 e. The molecule has 15 heavy (non-hydrogen) atoms. The van der Waals surface area contributed by atoms with Gasteiger partial charge in [0, 0.05) is 6.54 Å². The Morgan fingerprint density at radius 1 is 1.87 bits per heavy atom. The third kappa shape index (κ3) is 1.74. The molecule has 0 spiro atoms. The van der Waals surface area contributed by atoms with E-state index in [1.54, 1.807) is 17.8 Å². The molecule has 0 saturated heterocycles. The van der Waals surface area contributed by atoms with E-state index in [4.69, 9.17) is 10.5 Å². The molecule has 1 aromatic rings. The van der Waals surface area contributed by atoms with Crippen LogP contribution in [0.3, 0.4) is 0 Å². The van der Waals surface area contributed by atoms with Gasteiger partial charge in [-0.25, -0.2) is 4.68 Å². The van der Waals surface area contributed by atoms with Gasteiger partial charge in [-0.1, -0.05) is 0 Å². The number of nitrogen functional groups attached to an aromatic ring is 1. The molecule has 0 fully saturated rings. The van der Waals surface area contributed by atoms with E-state index in [1.165, 1.54) is 0 Å². The lowest BCUT2D eigenvalue weighted by molar-refractivity contribution is -0.148. The van der Waals surface area contributed by atoms with Gasteiger partial charge in [0.05, 0.1) is 31.0 Å². The number of hydrogen-bond acceptors (Lipinski definition) is 5. The van der Waals surface area contributed by atoms with Crippen LogP contribution in [-0.4, -0.2) is 28.9 Å². The highest BCUT2D eigenvalue weighted by atomic mass is 16.5. The molecule has 1 aromatic heterocycles. The van der Waals surface area contributed by atoms with Crippen molar-refractivity contribution in [1.29, 1.82) is 0 Å². The van der Waals surface area contributed by atoms with Crippen LogP contribution in [0.5, 0.6) is 0 Å². The van der Waals surface area contributed by atoms with Crippen LogP contribution >= 0.6 is 0 Å². The third-order valence-corrected chi connectivity index (χ3v) is 2.40. The second kappa shape index (κ2) is 3.80. The molecule has 1 aliphatic rings. The van der Waals surface area contributed by atoms with Crippen molar-refractivity contribution in [3.05, 3.63) is 6.20 Å². The molecule has 3 N–H and O–H groups in total. The first-order valence-electron chi connectivity index (χ1n) is 4.94. The summed E-state index contributed by atoms with van der Waals surface area (Å²) in [5.74, 6) is 0.414. The van der Waals surface area contributed by atoms with Crippen molar-refractivity contribution in [2.24, 2.45) is 5.92 Å². The van der Waals surface area contributed by atoms with Crippen LogP contribution in [0.1, 0.15) is 6.92 Å². The summed E-state index contributed by atoms with van der Waals surface area (Å²) in [7, 11) is 0. The number of nitrogens with one attached hydrogen (secondary N) is 1. The normalized spacial score (nSPS) is 19.1. The number of ether oxygens (including phenoxy) is 1. The van der Waals surface area contributed by atoms with Gasteiger partial charge >= 0.3 is 5.97 Å². The molecule has 6 heteroatoms. The number of aromatic nitrogens is 2. The minimum atomic E-state index is -0.190. The van der Waals surface area contributed by atoms with Gasteiger partial charge in [-0.15, -0.1) is 0 Å². The highest BCUT2D eigenvalue weighted by Crippen LogP contribution is 2.23. The van der Waals surface area contributed by atoms with E-state index < -0.39 is 0 Å². The van der Waals surface area contributed by atoms with E-state index in [-0.39, 0.29) is 11.9 Å². The number of fused-ring (bicyclic) bond motifs is 1. The van der Waals surface area contributed by atoms with Crippen molar-refractivity contribution < 1.29 is 9.53 Å². The summed E-state index contributed by atoms with van der Waals surface area (Å²) in [6, 6.07) is 0. The molecule has 2 heterocycles. The zero-order valence-corrected chi connectivity index (χ0v) is 8.56. The number of nitrogens with two attached hydrogens (primary N) is 1. The van der Waals surface area contributed by atoms with Gasteiger partial charge in [0.2, 0.25) is 0 Å². The van der Waals surface area contributed by atoms with Crippen LogP contribution in [0, 0.1) is 5.92 Å². The van der Waals surface area contributed by atoms with Gasteiger partial charge in [-0.2, -0.15) is 5.10 Å². The predicted molar refractivity (Wildman–Crippen MR) is 55.3 cm³/mol. The topological polar surface area (TPSA) is 82.2 Å². The van der Waals surface area contributed by atoms with Crippen molar-refractivity contribution in [3.63, 3.8) is 0 Å². The summed E-state index contributed by atoms with van der Waals surface area (Å²) < 4.78 is 6.65. The van der Waals surface area contributed by atoms with E-state index in [0.717, 1.165) is 5.82 Å². The van der Waals surface area contributed by atoms with Gasteiger partial charge in [-0.3, -0.25) is 4.79 Å². The van der Waals surface area contributed by atoms with E-state index in [1.807, 2.05) is 0 Å². The minimum absolute atomic E-state index is 0.184. The molecule has 0 aromatic carbocycles. The van der Waals surface area contributed by atoms with Crippen LogP contribution < -0.4 is 11.1 Å².